The van der Waals surface area contributed by atoms with E-state index < -0.39 is 6.04 Å². The zero-order chi connectivity index (χ0) is 23.9. The molecule has 1 atom stereocenters. The van der Waals surface area contributed by atoms with Crippen LogP contribution >= 0.6 is 0 Å². The molecular formula is C26H29N5O2. The molecule has 0 aliphatic heterocycles. The lowest BCUT2D eigenvalue weighted by Gasteiger charge is -2.19. The lowest BCUT2D eigenvalue weighted by Crippen LogP contribution is -2.35. The van der Waals surface area contributed by atoms with E-state index in [9.17, 15) is 9.59 Å². The van der Waals surface area contributed by atoms with Gasteiger partial charge in [-0.15, -0.1) is 0 Å². The summed E-state index contributed by atoms with van der Waals surface area (Å²) in [6.07, 6.45) is 0.430. The normalized spacial score (nSPS) is 12.2. The Morgan fingerprint density at radius 1 is 1.00 bits per heavy atom. The van der Waals surface area contributed by atoms with Gasteiger partial charge in [-0.2, -0.15) is 10.2 Å². The quantitative estimate of drug-likeness (QED) is 0.484. The number of aromatic nitrogens is 4. The van der Waals surface area contributed by atoms with E-state index in [4.69, 9.17) is 0 Å². The van der Waals surface area contributed by atoms with E-state index in [2.05, 4.69) is 15.5 Å². The van der Waals surface area contributed by atoms with Crippen molar-refractivity contribution in [2.45, 2.75) is 54.0 Å². The number of benzene rings is 2. The third kappa shape index (κ3) is 3.95. The Morgan fingerprint density at radius 3 is 2.24 bits per heavy atom. The first-order valence-corrected chi connectivity index (χ1v) is 11.2. The summed E-state index contributed by atoms with van der Waals surface area (Å²) in [6.45, 7) is 11.5. The Labute approximate surface area is 193 Å². The number of para-hydroxylation sites is 1. The first-order chi connectivity index (χ1) is 15.7. The summed E-state index contributed by atoms with van der Waals surface area (Å²) in [4.78, 5) is 26.9. The minimum Gasteiger partial charge on any atom is -0.324 e. The second-order valence-corrected chi connectivity index (χ2v) is 8.58. The number of anilines is 1. The van der Waals surface area contributed by atoms with Crippen LogP contribution in [-0.2, 0) is 4.79 Å². The number of nitrogens with zero attached hydrogens (tertiary/aromatic N) is 4. The summed E-state index contributed by atoms with van der Waals surface area (Å²) in [5, 5.41) is 12.7. The van der Waals surface area contributed by atoms with E-state index in [1.165, 1.54) is 4.68 Å². The molecule has 7 heteroatoms. The highest BCUT2D eigenvalue weighted by molar-refractivity contribution is 5.95. The molecule has 0 saturated heterocycles. The maximum absolute atomic E-state index is 13.5. The van der Waals surface area contributed by atoms with Gasteiger partial charge in [-0.3, -0.25) is 9.59 Å². The van der Waals surface area contributed by atoms with Gasteiger partial charge in [-0.1, -0.05) is 42.8 Å². The monoisotopic (exact) mass is 443 g/mol. The molecule has 0 fully saturated rings. The van der Waals surface area contributed by atoms with Gasteiger partial charge in [0.1, 0.15) is 11.6 Å². The molecule has 0 bridgehead atoms. The molecule has 0 aliphatic rings. The fourth-order valence-electron chi connectivity index (χ4n) is 4.47. The van der Waals surface area contributed by atoms with E-state index in [-0.39, 0.29) is 11.5 Å². The smallest absolute Gasteiger partial charge is 0.278 e. The van der Waals surface area contributed by atoms with E-state index >= 15 is 0 Å². The van der Waals surface area contributed by atoms with E-state index in [0.29, 0.717) is 23.0 Å². The minimum atomic E-state index is -0.736. The molecule has 1 amide bonds. The van der Waals surface area contributed by atoms with Crippen molar-refractivity contribution in [3.05, 3.63) is 80.9 Å². The van der Waals surface area contributed by atoms with Crippen LogP contribution in [-0.4, -0.2) is 25.5 Å². The first kappa shape index (κ1) is 22.5. The molecule has 2 heterocycles. The molecular weight excluding hydrogens is 414 g/mol. The Bertz CT molecular complexity index is 1390. The van der Waals surface area contributed by atoms with Gasteiger partial charge in [-0.05, 0) is 64.3 Å². The molecule has 1 N–H and O–H groups in total. The molecule has 2 aromatic carbocycles. The summed E-state index contributed by atoms with van der Waals surface area (Å²) in [5.41, 5.74) is 6.34. The largest absolute Gasteiger partial charge is 0.324 e. The van der Waals surface area contributed by atoms with Crippen LogP contribution in [0.15, 0.2) is 47.3 Å². The first-order valence-electron chi connectivity index (χ1n) is 11.2. The summed E-state index contributed by atoms with van der Waals surface area (Å²) >= 11 is 0. The number of carbonyl (C=O) groups excluding carboxylic acids is 1. The van der Waals surface area contributed by atoms with Gasteiger partial charge in [0, 0.05) is 5.69 Å². The predicted octanol–water partition coefficient (Wildman–Crippen LogP) is 4.71. The number of fused-ring (bicyclic) bond motifs is 1. The fourth-order valence-corrected chi connectivity index (χ4v) is 4.47. The van der Waals surface area contributed by atoms with Crippen molar-refractivity contribution in [2.24, 2.45) is 0 Å². The van der Waals surface area contributed by atoms with Crippen LogP contribution in [0.5, 0.6) is 0 Å². The third-order valence-electron chi connectivity index (χ3n) is 6.05. The molecule has 2 aromatic heterocycles. The van der Waals surface area contributed by atoms with Crippen molar-refractivity contribution in [1.29, 1.82) is 0 Å². The lowest BCUT2D eigenvalue weighted by molar-refractivity contribution is -0.119. The maximum Gasteiger partial charge on any atom is 0.278 e. The van der Waals surface area contributed by atoms with Crippen molar-refractivity contribution >= 4 is 22.5 Å². The van der Waals surface area contributed by atoms with Crippen LogP contribution in [0.2, 0.25) is 0 Å². The van der Waals surface area contributed by atoms with Crippen molar-refractivity contribution in [1.82, 2.24) is 19.6 Å². The Kier molecular flexibility index (Phi) is 5.89. The maximum atomic E-state index is 13.5. The van der Waals surface area contributed by atoms with Gasteiger partial charge in [0.05, 0.1) is 22.5 Å². The van der Waals surface area contributed by atoms with Gasteiger partial charge in [0.15, 0.2) is 0 Å². The summed E-state index contributed by atoms with van der Waals surface area (Å²) in [5.74, 6) is -0.256. The molecule has 170 valence electrons. The second kappa shape index (κ2) is 8.65. The highest BCUT2D eigenvalue weighted by atomic mass is 16.2. The average molecular weight is 444 g/mol. The van der Waals surface area contributed by atoms with Crippen LogP contribution in [0.4, 0.5) is 5.69 Å². The molecule has 7 nitrogen and oxygen atoms in total. The Hall–Kier alpha value is -3.74. The summed E-state index contributed by atoms with van der Waals surface area (Å²) in [6, 6.07) is 13.0. The molecule has 0 radical (unpaired) electrons. The van der Waals surface area contributed by atoms with Crippen molar-refractivity contribution in [2.75, 3.05) is 5.32 Å². The second-order valence-electron chi connectivity index (χ2n) is 8.58. The number of rotatable bonds is 5. The molecule has 4 aromatic rings. The van der Waals surface area contributed by atoms with Gasteiger partial charge in [-0.25, -0.2) is 9.36 Å². The van der Waals surface area contributed by atoms with Gasteiger partial charge >= 0.3 is 0 Å². The number of hydrogen-bond acceptors (Lipinski definition) is 4. The Balaban J connectivity index is 1.80. The Morgan fingerprint density at radius 2 is 1.64 bits per heavy atom. The van der Waals surface area contributed by atoms with Crippen LogP contribution in [0, 0.1) is 34.6 Å². The van der Waals surface area contributed by atoms with Crippen molar-refractivity contribution in [3.8, 4) is 5.69 Å². The minimum absolute atomic E-state index is 0.256. The summed E-state index contributed by atoms with van der Waals surface area (Å²) < 4.78 is 3.07. The van der Waals surface area contributed by atoms with E-state index in [0.717, 1.165) is 33.8 Å². The fraction of sp³-hybridized carbons (Fsp3) is 0.308. The molecule has 0 unspecified atom stereocenters. The number of nitrogens with one attached hydrogen (secondary N) is 1. The third-order valence-corrected chi connectivity index (χ3v) is 6.05. The predicted molar refractivity (Wildman–Crippen MR) is 131 cm³/mol. The van der Waals surface area contributed by atoms with Crippen molar-refractivity contribution in [3.63, 3.8) is 0 Å². The van der Waals surface area contributed by atoms with E-state index in [1.54, 1.807) is 4.68 Å². The molecule has 4 rings (SSSR count). The molecule has 33 heavy (non-hydrogen) atoms. The molecule has 0 spiro atoms. The van der Waals surface area contributed by atoms with Gasteiger partial charge < -0.3 is 5.32 Å². The topological polar surface area (TPSA) is 81.8 Å². The lowest BCUT2D eigenvalue weighted by atomic mass is 10.0. The zero-order valence-electron chi connectivity index (χ0n) is 19.9. The number of carbonyl (C=O) groups is 1. The van der Waals surface area contributed by atoms with Gasteiger partial charge in [0.2, 0.25) is 5.91 Å². The number of hydrogen-bond donors (Lipinski definition) is 1. The van der Waals surface area contributed by atoms with Gasteiger partial charge in [0.25, 0.3) is 5.56 Å². The van der Waals surface area contributed by atoms with Crippen LogP contribution < -0.4 is 10.9 Å². The standard InChI is InChI=1S/C26H29N5O2/c1-7-21(25(32)27-23-16(3)13-15(2)14-17(23)4)31-26(33)22-19(6)30(20-11-9-8-10-12-20)29-24(22)18(5)28-31/h8-14,21H,7H2,1-6H3,(H,27,32)/t21-/m1/s1. The molecule has 0 saturated carbocycles. The van der Waals surface area contributed by atoms with Crippen LogP contribution in [0.1, 0.15) is 47.5 Å². The summed E-state index contributed by atoms with van der Waals surface area (Å²) in [7, 11) is 0. The molecule has 0 aliphatic carbocycles. The highest BCUT2D eigenvalue weighted by Crippen LogP contribution is 2.25. The van der Waals surface area contributed by atoms with E-state index in [1.807, 2.05) is 84.0 Å². The number of aryl methyl sites for hydroxylation is 5. The van der Waals surface area contributed by atoms with Crippen molar-refractivity contribution < 1.29 is 4.79 Å². The number of amides is 1. The highest BCUT2D eigenvalue weighted by Gasteiger charge is 2.26. The van der Waals surface area contributed by atoms with Crippen LogP contribution in [0.3, 0.4) is 0 Å². The average Bonchev–Trinajstić information content (AvgIpc) is 3.13. The SMILES string of the molecule is CC[C@H](C(=O)Nc1c(C)cc(C)cc1C)n1nc(C)c2nn(-c3ccccc3)c(C)c2c1=O. The zero-order valence-corrected chi connectivity index (χ0v) is 19.9. The van der Waals surface area contributed by atoms with Crippen LogP contribution in [0.25, 0.3) is 16.6 Å².